The Kier molecular flexibility index (Phi) is 5.17. The Hall–Kier alpha value is -2.04. The summed E-state index contributed by atoms with van der Waals surface area (Å²) in [5.41, 5.74) is 6.21. The maximum Gasteiger partial charge on any atom is 0.314 e. The molecule has 0 aliphatic rings. The topological polar surface area (TPSA) is 75.4 Å². The van der Waals surface area contributed by atoms with E-state index in [1.54, 1.807) is 0 Å². The van der Waals surface area contributed by atoms with Crippen molar-refractivity contribution < 1.29 is 9.59 Å². The van der Waals surface area contributed by atoms with E-state index in [2.05, 4.69) is 5.32 Å². The molecule has 0 saturated carbocycles. The lowest BCUT2D eigenvalue weighted by Crippen LogP contribution is -2.41. The minimum absolute atomic E-state index is 0.0170. The Bertz CT molecular complexity index is 406. The van der Waals surface area contributed by atoms with Gasteiger partial charge in [-0.25, -0.2) is 4.79 Å². The average Bonchev–Trinajstić information content (AvgIpc) is 2.36. The Morgan fingerprint density at radius 3 is 2.50 bits per heavy atom. The van der Waals surface area contributed by atoms with Gasteiger partial charge in [0.05, 0.1) is 0 Å². The third-order valence-electron chi connectivity index (χ3n) is 2.73. The number of likely N-dealkylation sites (N-methyl/N-ethyl adjacent to an activating group) is 1. The number of hydrogen-bond donors (Lipinski definition) is 2. The van der Waals surface area contributed by atoms with Crippen LogP contribution < -0.4 is 11.1 Å². The molecule has 3 amide bonds. The van der Waals surface area contributed by atoms with Crippen molar-refractivity contribution in [3.63, 3.8) is 0 Å². The first kappa shape index (κ1) is 14.0. The minimum atomic E-state index is -0.610. The summed E-state index contributed by atoms with van der Waals surface area (Å²) in [5, 5.41) is 2.78. The second kappa shape index (κ2) is 6.64. The first-order valence-corrected chi connectivity index (χ1v) is 5.83. The number of carbonyl (C=O) groups excluding carboxylic acids is 2. The molecule has 0 unspecified atom stereocenters. The summed E-state index contributed by atoms with van der Waals surface area (Å²) in [4.78, 5) is 23.5. The summed E-state index contributed by atoms with van der Waals surface area (Å²) in [6, 6.07) is 9.32. The van der Waals surface area contributed by atoms with Crippen molar-refractivity contribution in [2.24, 2.45) is 5.73 Å². The molecule has 1 aromatic rings. The highest BCUT2D eigenvalue weighted by Gasteiger charge is 2.11. The maximum absolute atomic E-state index is 11.5. The van der Waals surface area contributed by atoms with Gasteiger partial charge in [0.25, 0.3) is 0 Å². The van der Waals surface area contributed by atoms with Gasteiger partial charge in [0.2, 0.25) is 5.91 Å². The number of hydrogen-bond acceptors (Lipinski definition) is 2. The van der Waals surface area contributed by atoms with Crippen LogP contribution in [0.15, 0.2) is 30.3 Å². The van der Waals surface area contributed by atoms with E-state index in [1.807, 2.05) is 37.3 Å². The van der Waals surface area contributed by atoms with Gasteiger partial charge < -0.3 is 16.0 Å². The van der Waals surface area contributed by atoms with Gasteiger partial charge in [-0.1, -0.05) is 37.3 Å². The van der Waals surface area contributed by atoms with Gasteiger partial charge in [0.1, 0.15) is 6.54 Å². The highest BCUT2D eigenvalue weighted by atomic mass is 16.2. The first-order chi connectivity index (χ1) is 8.50. The maximum atomic E-state index is 11.5. The SMILES string of the molecule is C[C@H](CNC(=O)CN(C)C(N)=O)c1ccccc1. The summed E-state index contributed by atoms with van der Waals surface area (Å²) >= 11 is 0. The zero-order chi connectivity index (χ0) is 13.5. The van der Waals surface area contributed by atoms with E-state index < -0.39 is 6.03 Å². The van der Waals surface area contributed by atoms with Crippen LogP contribution in [0.1, 0.15) is 18.4 Å². The van der Waals surface area contributed by atoms with Crippen LogP contribution >= 0.6 is 0 Å². The Balaban J connectivity index is 2.37. The number of nitrogens with two attached hydrogens (primary N) is 1. The molecule has 5 heteroatoms. The molecule has 1 rings (SSSR count). The fourth-order valence-electron chi connectivity index (χ4n) is 1.52. The Morgan fingerprint density at radius 1 is 1.33 bits per heavy atom. The molecule has 0 aromatic heterocycles. The van der Waals surface area contributed by atoms with Crippen molar-refractivity contribution in [2.75, 3.05) is 20.1 Å². The van der Waals surface area contributed by atoms with Crippen LogP contribution in [0.5, 0.6) is 0 Å². The van der Waals surface area contributed by atoms with Gasteiger partial charge in [-0.15, -0.1) is 0 Å². The molecule has 0 spiro atoms. The number of primary amides is 1. The van der Waals surface area contributed by atoms with Gasteiger partial charge in [0.15, 0.2) is 0 Å². The number of nitrogens with zero attached hydrogens (tertiary/aromatic N) is 1. The highest BCUT2D eigenvalue weighted by Crippen LogP contribution is 2.12. The second-order valence-electron chi connectivity index (χ2n) is 4.31. The monoisotopic (exact) mass is 249 g/mol. The quantitative estimate of drug-likeness (QED) is 0.814. The third kappa shape index (κ3) is 4.45. The zero-order valence-corrected chi connectivity index (χ0v) is 10.7. The predicted molar refractivity (Wildman–Crippen MR) is 70.1 cm³/mol. The predicted octanol–water partition coefficient (Wildman–Crippen LogP) is 0.917. The number of urea groups is 1. The van der Waals surface area contributed by atoms with E-state index in [1.165, 1.54) is 17.5 Å². The van der Waals surface area contributed by atoms with Crippen molar-refractivity contribution in [1.82, 2.24) is 10.2 Å². The molecule has 1 atom stereocenters. The molecule has 1 aromatic carbocycles. The van der Waals surface area contributed by atoms with E-state index >= 15 is 0 Å². The number of nitrogens with one attached hydrogen (secondary N) is 1. The van der Waals surface area contributed by atoms with E-state index in [4.69, 9.17) is 5.73 Å². The Morgan fingerprint density at radius 2 is 1.94 bits per heavy atom. The van der Waals surface area contributed by atoms with Gasteiger partial charge in [-0.2, -0.15) is 0 Å². The molecular weight excluding hydrogens is 230 g/mol. The van der Waals surface area contributed by atoms with Crippen molar-refractivity contribution >= 4 is 11.9 Å². The zero-order valence-electron chi connectivity index (χ0n) is 10.7. The molecule has 0 radical (unpaired) electrons. The van der Waals surface area contributed by atoms with E-state index in [0.29, 0.717) is 6.54 Å². The summed E-state index contributed by atoms with van der Waals surface area (Å²) in [6.45, 7) is 2.56. The van der Waals surface area contributed by atoms with Crippen LogP contribution in [0.3, 0.4) is 0 Å². The molecule has 0 fully saturated rings. The van der Waals surface area contributed by atoms with Crippen LogP contribution in [0, 0.1) is 0 Å². The van der Waals surface area contributed by atoms with Crippen LogP contribution in [-0.2, 0) is 4.79 Å². The molecular formula is C13H19N3O2. The molecule has 3 N–H and O–H groups in total. The van der Waals surface area contributed by atoms with Crippen LogP contribution in [0.4, 0.5) is 4.79 Å². The summed E-state index contributed by atoms with van der Waals surface area (Å²) in [5.74, 6) is 0.0214. The fraction of sp³-hybridized carbons (Fsp3) is 0.385. The lowest BCUT2D eigenvalue weighted by Gasteiger charge is -2.16. The molecule has 0 bridgehead atoms. The van der Waals surface area contributed by atoms with Crippen LogP contribution in [0.25, 0.3) is 0 Å². The van der Waals surface area contributed by atoms with Gasteiger partial charge >= 0.3 is 6.03 Å². The summed E-state index contributed by atoms with van der Waals surface area (Å²) in [6.07, 6.45) is 0. The normalized spacial score (nSPS) is 11.7. The van der Waals surface area contributed by atoms with Gasteiger partial charge in [-0.05, 0) is 11.5 Å². The number of amides is 3. The Labute approximate surface area is 107 Å². The van der Waals surface area contributed by atoms with E-state index in [-0.39, 0.29) is 18.4 Å². The van der Waals surface area contributed by atoms with Gasteiger partial charge in [0, 0.05) is 13.6 Å². The number of benzene rings is 1. The van der Waals surface area contributed by atoms with E-state index in [0.717, 1.165) is 0 Å². The minimum Gasteiger partial charge on any atom is -0.354 e. The molecule has 5 nitrogen and oxygen atoms in total. The molecule has 18 heavy (non-hydrogen) atoms. The lowest BCUT2D eigenvalue weighted by atomic mass is 10.0. The lowest BCUT2D eigenvalue weighted by molar-refractivity contribution is -0.121. The highest BCUT2D eigenvalue weighted by molar-refractivity contribution is 5.83. The molecule has 0 aliphatic heterocycles. The number of rotatable bonds is 5. The van der Waals surface area contributed by atoms with Crippen molar-refractivity contribution in [3.05, 3.63) is 35.9 Å². The second-order valence-corrected chi connectivity index (χ2v) is 4.31. The smallest absolute Gasteiger partial charge is 0.314 e. The molecule has 0 saturated heterocycles. The van der Waals surface area contributed by atoms with Crippen molar-refractivity contribution in [3.8, 4) is 0 Å². The standard InChI is InChI=1S/C13H19N3O2/c1-10(11-6-4-3-5-7-11)8-15-12(17)9-16(2)13(14)18/h3-7,10H,8-9H2,1-2H3,(H2,14,18)(H,15,17)/t10-/m1/s1. The van der Waals surface area contributed by atoms with Crippen LogP contribution in [0.2, 0.25) is 0 Å². The molecule has 0 heterocycles. The molecule has 0 aliphatic carbocycles. The van der Waals surface area contributed by atoms with Crippen molar-refractivity contribution in [1.29, 1.82) is 0 Å². The van der Waals surface area contributed by atoms with Gasteiger partial charge in [-0.3, -0.25) is 4.79 Å². The largest absolute Gasteiger partial charge is 0.354 e. The fourth-order valence-corrected chi connectivity index (χ4v) is 1.52. The van der Waals surface area contributed by atoms with Crippen LogP contribution in [-0.4, -0.2) is 37.0 Å². The third-order valence-corrected chi connectivity index (χ3v) is 2.73. The summed E-state index contributed by atoms with van der Waals surface area (Å²) < 4.78 is 0. The van der Waals surface area contributed by atoms with Crippen molar-refractivity contribution in [2.45, 2.75) is 12.8 Å². The summed E-state index contributed by atoms with van der Waals surface area (Å²) in [7, 11) is 1.49. The number of carbonyl (C=O) groups is 2. The molecule has 98 valence electrons. The first-order valence-electron chi connectivity index (χ1n) is 5.83. The average molecular weight is 249 g/mol. The van der Waals surface area contributed by atoms with E-state index in [9.17, 15) is 9.59 Å².